The Morgan fingerprint density at radius 1 is 1.10 bits per heavy atom. The zero-order valence-electron chi connectivity index (χ0n) is 16.1. The Hall–Kier alpha value is -3.37. The van der Waals surface area contributed by atoms with Crippen LogP contribution >= 0.6 is 11.7 Å². The smallest absolute Gasteiger partial charge is 0.271 e. The van der Waals surface area contributed by atoms with Crippen molar-refractivity contribution in [1.29, 1.82) is 0 Å². The van der Waals surface area contributed by atoms with Crippen molar-refractivity contribution in [3.05, 3.63) is 66.0 Å². The second-order valence-corrected chi connectivity index (χ2v) is 6.91. The van der Waals surface area contributed by atoms with Crippen LogP contribution in [0, 0.1) is 0 Å². The summed E-state index contributed by atoms with van der Waals surface area (Å²) < 4.78 is 20.0. The predicted molar refractivity (Wildman–Crippen MR) is 113 cm³/mol. The number of aromatic nitrogens is 3. The molecule has 3 heterocycles. The molecule has 1 N–H and O–H groups in total. The molecule has 2 aromatic heterocycles. The number of nitrogens with zero attached hydrogens (tertiary/aromatic N) is 5. The SMILES string of the molecule is O=C(N/N=C(/COc1nsnc1N1CCOCC1)c1ccccc1)c1ccncc1. The first-order valence-corrected chi connectivity index (χ1v) is 10.1. The van der Waals surface area contributed by atoms with Gasteiger partial charge in [0.15, 0.2) is 0 Å². The Bertz CT molecular complexity index is 990. The van der Waals surface area contributed by atoms with Crippen LogP contribution < -0.4 is 15.1 Å². The van der Waals surface area contributed by atoms with Gasteiger partial charge in [-0.05, 0) is 12.1 Å². The van der Waals surface area contributed by atoms with Crippen molar-refractivity contribution in [2.45, 2.75) is 0 Å². The summed E-state index contributed by atoms with van der Waals surface area (Å²) in [5.74, 6) is 0.831. The number of carbonyl (C=O) groups is 1. The number of hydrogen-bond donors (Lipinski definition) is 1. The van der Waals surface area contributed by atoms with Crippen LogP contribution in [0.4, 0.5) is 5.82 Å². The highest BCUT2D eigenvalue weighted by Crippen LogP contribution is 2.26. The minimum atomic E-state index is -0.324. The number of ether oxygens (including phenoxy) is 2. The van der Waals surface area contributed by atoms with Crippen molar-refractivity contribution in [3.63, 3.8) is 0 Å². The molecule has 0 atom stereocenters. The van der Waals surface area contributed by atoms with E-state index in [1.54, 1.807) is 24.5 Å². The van der Waals surface area contributed by atoms with Gasteiger partial charge in [0.2, 0.25) is 5.82 Å². The molecule has 10 heteroatoms. The molecule has 0 radical (unpaired) electrons. The van der Waals surface area contributed by atoms with Gasteiger partial charge in [0.05, 0.1) is 24.9 Å². The molecule has 9 nitrogen and oxygen atoms in total. The monoisotopic (exact) mass is 424 g/mol. The van der Waals surface area contributed by atoms with Gasteiger partial charge in [-0.25, -0.2) is 5.43 Å². The molecule has 1 aliphatic rings. The number of pyridine rings is 1. The summed E-state index contributed by atoms with van der Waals surface area (Å²) in [4.78, 5) is 18.4. The summed E-state index contributed by atoms with van der Waals surface area (Å²) in [5.41, 5.74) is 4.46. The summed E-state index contributed by atoms with van der Waals surface area (Å²) >= 11 is 1.10. The van der Waals surface area contributed by atoms with E-state index in [1.807, 2.05) is 30.3 Å². The van der Waals surface area contributed by atoms with Gasteiger partial charge in [0.1, 0.15) is 12.3 Å². The van der Waals surface area contributed by atoms with E-state index in [4.69, 9.17) is 9.47 Å². The normalized spacial score (nSPS) is 14.4. The van der Waals surface area contributed by atoms with E-state index >= 15 is 0 Å². The Morgan fingerprint density at radius 2 is 1.87 bits per heavy atom. The maximum Gasteiger partial charge on any atom is 0.271 e. The van der Waals surface area contributed by atoms with Gasteiger partial charge in [0, 0.05) is 36.6 Å². The average molecular weight is 424 g/mol. The minimum absolute atomic E-state index is 0.128. The third-order valence-corrected chi connectivity index (χ3v) is 4.94. The second kappa shape index (κ2) is 9.90. The zero-order chi connectivity index (χ0) is 20.6. The first-order valence-electron chi connectivity index (χ1n) is 9.41. The quantitative estimate of drug-likeness (QED) is 0.457. The summed E-state index contributed by atoms with van der Waals surface area (Å²) in [6.45, 7) is 2.90. The van der Waals surface area contributed by atoms with Gasteiger partial charge in [-0.1, -0.05) is 30.3 Å². The highest BCUT2D eigenvalue weighted by atomic mass is 32.1. The van der Waals surface area contributed by atoms with Crippen molar-refractivity contribution in [2.75, 3.05) is 37.8 Å². The van der Waals surface area contributed by atoms with Crippen molar-refractivity contribution in [2.24, 2.45) is 5.10 Å². The van der Waals surface area contributed by atoms with Crippen molar-refractivity contribution in [3.8, 4) is 5.88 Å². The minimum Gasteiger partial charge on any atom is -0.468 e. The molecule has 154 valence electrons. The molecule has 0 saturated carbocycles. The average Bonchev–Trinajstić information content (AvgIpc) is 3.29. The molecule has 1 amide bonds. The van der Waals surface area contributed by atoms with Crippen LogP contribution in [-0.2, 0) is 4.74 Å². The zero-order valence-corrected chi connectivity index (χ0v) is 16.9. The van der Waals surface area contributed by atoms with E-state index in [1.165, 1.54) is 0 Å². The summed E-state index contributed by atoms with van der Waals surface area (Å²) in [6.07, 6.45) is 3.12. The van der Waals surface area contributed by atoms with Crippen molar-refractivity contribution < 1.29 is 14.3 Å². The van der Waals surface area contributed by atoms with E-state index in [9.17, 15) is 4.79 Å². The molecule has 30 heavy (non-hydrogen) atoms. The van der Waals surface area contributed by atoms with E-state index in [-0.39, 0.29) is 12.5 Å². The van der Waals surface area contributed by atoms with Gasteiger partial charge in [-0.2, -0.15) is 9.47 Å². The molecular weight excluding hydrogens is 404 g/mol. The lowest BCUT2D eigenvalue weighted by Gasteiger charge is -2.26. The standard InChI is InChI=1S/C20H20N6O3S/c27-19(16-6-8-21-9-7-16)23-22-17(15-4-2-1-3-5-15)14-29-20-18(24-30-25-20)26-10-12-28-13-11-26/h1-9H,10-14H2,(H,23,27)/b22-17-. The number of hydrazone groups is 1. The van der Waals surface area contributed by atoms with Crippen molar-refractivity contribution in [1.82, 2.24) is 19.2 Å². The van der Waals surface area contributed by atoms with Gasteiger partial charge >= 0.3 is 0 Å². The van der Waals surface area contributed by atoms with Crippen LogP contribution in [0.1, 0.15) is 15.9 Å². The lowest BCUT2D eigenvalue weighted by Crippen LogP contribution is -2.36. The van der Waals surface area contributed by atoms with Crippen LogP contribution in [0.25, 0.3) is 0 Å². The van der Waals surface area contributed by atoms with Crippen LogP contribution in [-0.4, -0.2) is 58.3 Å². The third kappa shape index (κ3) is 4.97. The first-order chi connectivity index (χ1) is 14.8. The largest absolute Gasteiger partial charge is 0.468 e. The molecule has 1 aliphatic heterocycles. The number of benzene rings is 1. The number of anilines is 1. The van der Waals surface area contributed by atoms with E-state index < -0.39 is 0 Å². The number of carbonyl (C=O) groups excluding carboxylic acids is 1. The Morgan fingerprint density at radius 3 is 2.63 bits per heavy atom. The van der Waals surface area contributed by atoms with Gasteiger partial charge in [0.25, 0.3) is 11.8 Å². The Kier molecular flexibility index (Phi) is 6.58. The summed E-state index contributed by atoms with van der Waals surface area (Å²) in [7, 11) is 0. The Balaban J connectivity index is 1.49. The molecule has 4 rings (SSSR count). The summed E-state index contributed by atoms with van der Waals surface area (Å²) in [6, 6.07) is 12.8. The topological polar surface area (TPSA) is 102 Å². The van der Waals surface area contributed by atoms with Gasteiger partial charge < -0.3 is 14.4 Å². The molecule has 0 bridgehead atoms. The number of hydrogen-bond acceptors (Lipinski definition) is 9. The molecule has 0 spiro atoms. The van der Waals surface area contributed by atoms with E-state index in [0.717, 1.165) is 30.4 Å². The fraction of sp³-hybridized carbons (Fsp3) is 0.250. The molecule has 1 fully saturated rings. The second-order valence-electron chi connectivity index (χ2n) is 6.38. The number of nitrogens with one attached hydrogen (secondary N) is 1. The highest BCUT2D eigenvalue weighted by molar-refractivity contribution is 6.99. The Labute approximate surface area is 177 Å². The van der Waals surface area contributed by atoms with Crippen LogP contribution in [0.3, 0.4) is 0 Å². The molecule has 1 saturated heterocycles. The van der Waals surface area contributed by atoms with Gasteiger partial charge in [-0.15, -0.1) is 4.37 Å². The fourth-order valence-corrected chi connectivity index (χ4v) is 3.39. The maximum absolute atomic E-state index is 12.3. The molecule has 0 unspecified atom stereocenters. The number of morpholine rings is 1. The molecule has 1 aromatic carbocycles. The van der Waals surface area contributed by atoms with Gasteiger partial charge in [-0.3, -0.25) is 9.78 Å². The van der Waals surface area contributed by atoms with Crippen LogP contribution in [0.2, 0.25) is 0 Å². The van der Waals surface area contributed by atoms with Crippen LogP contribution in [0.15, 0.2) is 60.0 Å². The van der Waals surface area contributed by atoms with Crippen molar-refractivity contribution >= 4 is 29.2 Å². The first kappa shape index (κ1) is 19.9. The number of rotatable bonds is 7. The lowest BCUT2D eigenvalue weighted by molar-refractivity contribution is 0.0954. The van der Waals surface area contributed by atoms with E-state index in [0.29, 0.717) is 36.2 Å². The fourth-order valence-electron chi connectivity index (χ4n) is 2.87. The molecule has 3 aromatic rings. The maximum atomic E-state index is 12.3. The predicted octanol–water partition coefficient (Wildman–Crippen LogP) is 1.98. The lowest BCUT2D eigenvalue weighted by atomic mass is 10.1. The molecular formula is C20H20N6O3S. The summed E-state index contributed by atoms with van der Waals surface area (Å²) in [5, 5.41) is 4.31. The third-order valence-electron chi connectivity index (χ3n) is 4.44. The highest BCUT2D eigenvalue weighted by Gasteiger charge is 2.20. The number of amides is 1. The molecule has 0 aliphatic carbocycles. The van der Waals surface area contributed by atoms with E-state index in [2.05, 4.69) is 29.2 Å². The van der Waals surface area contributed by atoms with Crippen LogP contribution in [0.5, 0.6) is 5.88 Å².